The molecule has 2 aromatic carbocycles. The van der Waals surface area contributed by atoms with Crippen molar-refractivity contribution in [2.24, 2.45) is 5.92 Å². The molecule has 0 heterocycles. The van der Waals surface area contributed by atoms with E-state index in [2.05, 4.69) is 0 Å². The molecule has 0 radical (unpaired) electrons. The van der Waals surface area contributed by atoms with Gasteiger partial charge in [0.1, 0.15) is 0 Å². The molecule has 3 unspecified atom stereocenters. The lowest BCUT2D eigenvalue weighted by Crippen LogP contribution is -2.31. The van der Waals surface area contributed by atoms with Crippen LogP contribution in [0.25, 0.3) is 0 Å². The summed E-state index contributed by atoms with van der Waals surface area (Å²) in [4.78, 5) is 14.3. The number of carbonyl (C=O) groups is 1. The van der Waals surface area contributed by atoms with E-state index in [-0.39, 0.29) is 23.8 Å². The number of benzene rings is 2. The first-order valence-electron chi connectivity index (χ1n) is 7.85. The number of rotatable bonds is 4. The Hall–Kier alpha value is -1.94. The van der Waals surface area contributed by atoms with Crippen LogP contribution >= 0.6 is 11.6 Å². The number of nitrogens with zero attached hydrogens (tertiary/aromatic N) is 1. The summed E-state index contributed by atoms with van der Waals surface area (Å²) >= 11 is 6.00. The van der Waals surface area contributed by atoms with Crippen molar-refractivity contribution >= 4 is 17.5 Å². The number of hydrogen-bond acceptors (Lipinski definition) is 1. The number of amides is 1. The maximum absolute atomic E-state index is 13.4. The van der Waals surface area contributed by atoms with E-state index in [0.29, 0.717) is 10.6 Å². The van der Waals surface area contributed by atoms with Gasteiger partial charge in [0.25, 0.3) is 0 Å². The van der Waals surface area contributed by atoms with Crippen LogP contribution in [-0.4, -0.2) is 17.9 Å². The minimum absolute atomic E-state index is 0.0113. The topological polar surface area (TPSA) is 20.3 Å². The fourth-order valence-corrected chi connectivity index (χ4v) is 3.22. The van der Waals surface area contributed by atoms with Gasteiger partial charge >= 0.3 is 0 Å². The number of halogens is 3. The molecule has 3 atom stereocenters. The molecular weight excluding hydrogens is 332 g/mol. The van der Waals surface area contributed by atoms with Crippen LogP contribution in [-0.2, 0) is 4.79 Å². The monoisotopic (exact) mass is 349 g/mol. The second kappa shape index (κ2) is 6.52. The van der Waals surface area contributed by atoms with Gasteiger partial charge in [0.15, 0.2) is 11.6 Å². The molecule has 2 nitrogen and oxygen atoms in total. The Bertz CT molecular complexity index is 780. The Kier molecular flexibility index (Phi) is 4.59. The lowest BCUT2D eigenvalue weighted by Gasteiger charge is -2.25. The predicted octanol–water partition coefficient (Wildman–Crippen LogP) is 4.94. The van der Waals surface area contributed by atoms with Crippen molar-refractivity contribution in [3.05, 3.63) is 70.2 Å². The second-order valence-electron chi connectivity index (χ2n) is 6.30. The standard InChI is InChI=1S/C19H18ClF2NO/c1-11(12-6-7-17(21)18(22)9-12)23(2)19(24)16-10-15(16)13-4-3-5-14(20)8-13/h3-9,11,15-16H,10H2,1-2H3. The first kappa shape index (κ1) is 16.9. The van der Waals surface area contributed by atoms with Gasteiger partial charge in [-0.2, -0.15) is 0 Å². The van der Waals surface area contributed by atoms with Gasteiger partial charge in [-0.3, -0.25) is 4.79 Å². The van der Waals surface area contributed by atoms with Crippen molar-refractivity contribution in [2.45, 2.75) is 25.3 Å². The fraction of sp³-hybridized carbons (Fsp3) is 0.316. The van der Waals surface area contributed by atoms with E-state index in [1.807, 2.05) is 24.3 Å². The molecule has 2 aromatic rings. The van der Waals surface area contributed by atoms with E-state index < -0.39 is 11.6 Å². The van der Waals surface area contributed by atoms with Crippen molar-refractivity contribution in [2.75, 3.05) is 7.05 Å². The Morgan fingerprint density at radius 3 is 2.62 bits per heavy atom. The molecule has 1 fully saturated rings. The maximum atomic E-state index is 13.4. The summed E-state index contributed by atoms with van der Waals surface area (Å²) in [6, 6.07) is 11.0. The van der Waals surface area contributed by atoms with E-state index in [1.54, 1.807) is 18.9 Å². The highest BCUT2D eigenvalue weighted by atomic mass is 35.5. The van der Waals surface area contributed by atoms with Crippen LogP contribution in [0.5, 0.6) is 0 Å². The molecule has 0 N–H and O–H groups in total. The summed E-state index contributed by atoms with van der Waals surface area (Å²) in [5, 5.41) is 0.661. The van der Waals surface area contributed by atoms with Crippen LogP contribution in [0.15, 0.2) is 42.5 Å². The highest BCUT2D eigenvalue weighted by molar-refractivity contribution is 6.30. The lowest BCUT2D eigenvalue weighted by atomic mass is 10.1. The van der Waals surface area contributed by atoms with Crippen molar-refractivity contribution in [1.29, 1.82) is 0 Å². The molecule has 126 valence electrons. The summed E-state index contributed by atoms with van der Waals surface area (Å²) in [7, 11) is 1.70. The predicted molar refractivity (Wildman–Crippen MR) is 89.8 cm³/mol. The summed E-state index contributed by atoms with van der Waals surface area (Å²) < 4.78 is 26.5. The van der Waals surface area contributed by atoms with Gasteiger partial charge in [-0.25, -0.2) is 8.78 Å². The van der Waals surface area contributed by atoms with Gasteiger partial charge in [-0.15, -0.1) is 0 Å². The van der Waals surface area contributed by atoms with Crippen LogP contribution in [0.4, 0.5) is 8.78 Å². The number of carbonyl (C=O) groups excluding carboxylic acids is 1. The molecule has 0 aliphatic heterocycles. The zero-order chi connectivity index (χ0) is 17.4. The smallest absolute Gasteiger partial charge is 0.226 e. The summed E-state index contributed by atoms with van der Waals surface area (Å²) in [6.45, 7) is 1.81. The number of hydrogen-bond donors (Lipinski definition) is 0. The second-order valence-corrected chi connectivity index (χ2v) is 6.74. The first-order valence-corrected chi connectivity index (χ1v) is 8.23. The van der Waals surface area contributed by atoms with Crippen LogP contribution in [0, 0.1) is 17.6 Å². The van der Waals surface area contributed by atoms with Crippen molar-refractivity contribution in [1.82, 2.24) is 4.90 Å². The molecule has 0 bridgehead atoms. The van der Waals surface area contributed by atoms with Crippen LogP contribution < -0.4 is 0 Å². The van der Waals surface area contributed by atoms with E-state index in [4.69, 9.17) is 11.6 Å². The summed E-state index contributed by atoms with van der Waals surface area (Å²) in [5.41, 5.74) is 1.64. The van der Waals surface area contributed by atoms with Crippen molar-refractivity contribution < 1.29 is 13.6 Å². The molecular formula is C19H18ClF2NO. The van der Waals surface area contributed by atoms with Gasteiger partial charge < -0.3 is 4.90 Å². The first-order chi connectivity index (χ1) is 11.4. The van der Waals surface area contributed by atoms with Gasteiger partial charge in [0, 0.05) is 18.0 Å². The van der Waals surface area contributed by atoms with Gasteiger partial charge in [-0.1, -0.05) is 29.8 Å². The zero-order valence-electron chi connectivity index (χ0n) is 13.5. The van der Waals surface area contributed by atoms with E-state index in [9.17, 15) is 13.6 Å². The molecule has 1 aliphatic carbocycles. The van der Waals surface area contributed by atoms with Crippen LogP contribution in [0.1, 0.15) is 36.4 Å². The third kappa shape index (κ3) is 3.29. The highest BCUT2D eigenvalue weighted by Crippen LogP contribution is 2.49. The Labute approximate surface area is 145 Å². The highest BCUT2D eigenvalue weighted by Gasteiger charge is 2.45. The summed E-state index contributed by atoms with van der Waals surface area (Å²) in [5.74, 6) is -1.68. The lowest BCUT2D eigenvalue weighted by molar-refractivity contribution is -0.133. The molecule has 24 heavy (non-hydrogen) atoms. The Balaban J connectivity index is 1.70. The molecule has 1 saturated carbocycles. The normalized spacial score (nSPS) is 20.5. The quantitative estimate of drug-likeness (QED) is 0.765. The Morgan fingerprint density at radius 2 is 1.96 bits per heavy atom. The average molecular weight is 350 g/mol. The SMILES string of the molecule is CC(c1ccc(F)c(F)c1)N(C)C(=O)C1CC1c1cccc(Cl)c1. The minimum atomic E-state index is -0.900. The van der Waals surface area contributed by atoms with Crippen molar-refractivity contribution in [3.8, 4) is 0 Å². The molecule has 1 amide bonds. The summed E-state index contributed by atoms with van der Waals surface area (Å²) in [6.07, 6.45) is 0.786. The molecule has 1 aliphatic rings. The molecule has 3 rings (SSSR count). The van der Waals surface area contributed by atoms with Gasteiger partial charge in [0.2, 0.25) is 5.91 Å². The molecule has 0 spiro atoms. The fourth-order valence-electron chi connectivity index (χ4n) is 3.02. The van der Waals surface area contributed by atoms with Crippen LogP contribution in [0.3, 0.4) is 0 Å². The van der Waals surface area contributed by atoms with E-state index in [1.165, 1.54) is 6.07 Å². The maximum Gasteiger partial charge on any atom is 0.226 e. The zero-order valence-corrected chi connectivity index (χ0v) is 14.2. The minimum Gasteiger partial charge on any atom is -0.339 e. The van der Waals surface area contributed by atoms with Gasteiger partial charge in [0.05, 0.1) is 6.04 Å². The van der Waals surface area contributed by atoms with Crippen molar-refractivity contribution in [3.63, 3.8) is 0 Å². The molecule has 5 heteroatoms. The third-order valence-corrected chi connectivity index (χ3v) is 4.97. The third-order valence-electron chi connectivity index (χ3n) is 4.74. The largest absolute Gasteiger partial charge is 0.339 e. The van der Waals surface area contributed by atoms with E-state index >= 15 is 0 Å². The van der Waals surface area contributed by atoms with Gasteiger partial charge in [-0.05, 0) is 54.7 Å². The molecule has 0 saturated heterocycles. The van der Waals surface area contributed by atoms with Crippen LogP contribution in [0.2, 0.25) is 5.02 Å². The molecule has 0 aromatic heterocycles. The average Bonchev–Trinajstić information content (AvgIpc) is 3.36. The Morgan fingerprint density at radius 1 is 1.21 bits per heavy atom. The van der Waals surface area contributed by atoms with E-state index in [0.717, 1.165) is 24.1 Å².